The van der Waals surface area contributed by atoms with Gasteiger partial charge in [-0.1, -0.05) is 0 Å². The Balaban J connectivity index is 2.01. The molecule has 0 aromatic carbocycles. The molecule has 0 aromatic rings. The van der Waals surface area contributed by atoms with E-state index in [1.807, 2.05) is 0 Å². The highest BCUT2D eigenvalue weighted by molar-refractivity contribution is 4.70. The largest absolute Gasteiger partial charge is 0.377 e. The maximum Gasteiger partial charge on any atom is 0.0700 e. The van der Waals surface area contributed by atoms with E-state index in [0.717, 1.165) is 13.2 Å². The molecule has 0 unspecified atom stereocenters. The van der Waals surface area contributed by atoms with E-state index >= 15 is 0 Å². The van der Waals surface area contributed by atoms with E-state index in [4.69, 9.17) is 10.5 Å². The Morgan fingerprint density at radius 2 is 2.55 bits per heavy atom. The Morgan fingerprint density at radius 1 is 1.73 bits per heavy atom. The molecule has 1 heterocycles. The van der Waals surface area contributed by atoms with Crippen LogP contribution in [0.3, 0.4) is 0 Å². The van der Waals surface area contributed by atoms with Gasteiger partial charge < -0.3 is 15.8 Å². The third-order valence-corrected chi connectivity index (χ3v) is 2.07. The number of hydrogen-bond donors (Lipinski definition) is 2. The molecule has 11 heavy (non-hydrogen) atoms. The molecule has 0 saturated carbocycles. The Labute approximate surface area is 68.3 Å². The molecule has 3 N–H and O–H groups in total. The molecule has 2 atom stereocenters. The first kappa shape index (κ1) is 8.97. The van der Waals surface area contributed by atoms with E-state index in [0.29, 0.717) is 18.7 Å². The van der Waals surface area contributed by atoms with Gasteiger partial charge in [-0.05, 0) is 19.8 Å². The fraction of sp³-hybridized carbons (Fsp3) is 1.00. The number of nitrogens with one attached hydrogen (secondary N) is 1. The Hall–Kier alpha value is -0.120. The second kappa shape index (κ2) is 4.70. The van der Waals surface area contributed by atoms with Gasteiger partial charge in [-0.15, -0.1) is 0 Å². The van der Waals surface area contributed by atoms with Gasteiger partial charge in [0, 0.05) is 25.7 Å². The van der Waals surface area contributed by atoms with Crippen molar-refractivity contribution >= 4 is 0 Å². The predicted octanol–water partition coefficient (Wildman–Crippen LogP) is 0.102. The Bertz CT molecular complexity index is 102. The molecular formula is C8H18N2O. The van der Waals surface area contributed by atoms with Crippen LogP contribution in [0.1, 0.15) is 19.8 Å². The van der Waals surface area contributed by atoms with Gasteiger partial charge in [-0.3, -0.25) is 0 Å². The molecule has 1 aliphatic heterocycles. The highest BCUT2D eigenvalue weighted by Crippen LogP contribution is 2.10. The monoisotopic (exact) mass is 158 g/mol. The fourth-order valence-corrected chi connectivity index (χ4v) is 1.22. The van der Waals surface area contributed by atoms with Crippen molar-refractivity contribution in [2.75, 3.05) is 19.7 Å². The number of ether oxygens (including phenoxy) is 1. The lowest BCUT2D eigenvalue weighted by Crippen LogP contribution is -2.38. The third kappa shape index (κ3) is 3.18. The van der Waals surface area contributed by atoms with Gasteiger partial charge in [0.15, 0.2) is 0 Å². The van der Waals surface area contributed by atoms with Gasteiger partial charge >= 0.3 is 0 Å². The standard InChI is InChI=1S/C8H18N2O/c1-7(5-9)10-6-8-3-2-4-11-8/h7-8,10H,2-6,9H2,1H3/t7-,8-/m0/s1. The van der Waals surface area contributed by atoms with Crippen molar-refractivity contribution in [2.45, 2.75) is 31.9 Å². The van der Waals surface area contributed by atoms with Crippen molar-refractivity contribution < 1.29 is 4.74 Å². The lowest BCUT2D eigenvalue weighted by atomic mass is 10.2. The summed E-state index contributed by atoms with van der Waals surface area (Å²) in [6.45, 7) is 4.68. The minimum atomic E-state index is 0.416. The van der Waals surface area contributed by atoms with Crippen molar-refractivity contribution in [3.63, 3.8) is 0 Å². The average molecular weight is 158 g/mol. The van der Waals surface area contributed by atoms with Crippen LogP contribution in [-0.4, -0.2) is 31.8 Å². The van der Waals surface area contributed by atoms with Crippen LogP contribution in [0.2, 0.25) is 0 Å². The molecular weight excluding hydrogens is 140 g/mol. The lowest BCUT2D eigenvalue weighted by molar-refractivity contribution is 0.108. The zero-order chi connectivity index (χ0) is 8.10. The van der Waals surface area contributed by atoms with Gasteiger partial charge in [-0.2, -0.15) is 0 Å². The predicted molar refractivity (Wildman–Crippen MR) is 45.5 cm³/mol. The summed E-state index contributed by atoms with van der Waals surface area (Å²) in [5, 5.41) is 3.32. The topological polar surface area (TPSA) is 47.3 Å². The van der Waals surface area contributed by atoms with E-state index in [1.54, 1.807) is 0 Å². The highest BCUT2D eigenvalue weighted by atomic mass is 16.5. The first-order valence-electron chi connectivity index (χ1n) is 4.38. The quantitative estimate of drug-likeness (QED) is 0.610. The molecule has 0 bridgehead atoms. The van der Waals surface area contributed by atoms with Gasteiger partial charge in [0.2, 0.25) is 0 Å². The molecule has 1 fully saturated rings. The molecule has 1 saturated heterocycles. The van der Waals surface area contributed by atoms with Crippen LogP contribution in [0.5, 0.6) is 0 Å². The van der Waals surface area contributed by atoms with Crippen molar-refractivity contribution in [1.29, 1.82) is 0 Å². The van der Waals surface area contributed by atoms with Crippen LogP contribution in [0.4, 0.5) is 0 Å². The molecule has 66 valence electrons. The van der Waals surface area contributed by atoms with Crippen LogP contribution in [0.15, 0.2) is 0 Å². The van der Waals surface area contributed by atoms with Crippen LogP contribution < -0.4 is 11.1 Å². The zero-order valence-electron chi connectivity index (χ0n) is 7.18. The lowest BCUT2D eigenvalue weighted by Gasteiger charge is -2.14. The van der Waals surface area contributed by atoms with Gasteiger partial charge in [0.05, 0.1) is 6.10 Å². The summed E-state index contributed by atoms with van der Waals surface area (Å²) < 4.78 is 5.44. The highest BCUT2D eigenvalue weighted by Gasteiger charge is 2.15. The number of hydrogen-bond acceptors (Lipinski definition) is 3. The van der Waals surface area contributed by atoms with E-state index in [-0.39, 0.29) is 0 Å². The molecule has 0 spiro atoms. The minimum Gasteiger partial charge on any atom is -0.377 e. The summed E-state index contributed by atoms with van der Waals surface area (Å²) in [5.41, 5.74) is 5.45. The normalized spacial score (nSPS) is 27.3. The summed E-state index contributed by atoms with van der Waals surface area (Å²) in [6, 6.07) is 0.416. The molecule has 0 aliphatic carbocycles. The van der Waals surface area contributed by atoms with E-state index in [1.165, 1.54) is 12.8 Å². The minimum absolute atomic E-state index is 0.416. The van der Waals surface area contributed by atoms with Gasteiger partial charge in [-0.25, -0.2) is 0 Å². The van der Waals surface area contributed by atoms with Crippen LogP contribution in [0.25, 0.3) is 0 Å². The third-order valence-electron chi connectivity index (χ3n) is 2.07. The molecule has 3 nitrogen and oxygen atoms in total. The van der Waals surface area contributed by atoms with Crippen molar-refractivity contribution in [3.8, 4) is 0 Å². The van der Waals surface area contributed by atoms with Gasteiger partial charge in [0.25, 0.3) is 0 Å². The summed E-state index contributed by atoms with van der Waals surface area (Å²) in [4.78, 5) is 0. The summed E-state index contributed by atoms with van der Waals surface area (Å²) >= 11 is 0. The van der Waals surface area contributed by atoms with E-state index < -0.39 is 0 Å². The summed E-state index contributed by atoms with van der Waals surface area (Å²) in [7, 11) is 0. The number of rotatable bonds is 4. The first-order chi connectivity index (χ1) is 5.33. The summed E-state index contributed by atoms with van der Waals surface area (Å²) in [6.07, 6.45) is 2.84. The molecule has 3 heteroatoms. The smallest absolute Gasteiger partial charge is 0.0700 e. The maximum absolute atomic E-state index is 5.45. The Kier molecular flexibility index (Phi) is 3.83. The Morgan fingerprint density at radius 3 is 3.09 bits per heavy atom. The maximum atomic E-state index is 5.45. The molecule has 0 amide bonds. The van der Waals surface area contributed by atoms with Crippen molar-refractivity contribution in [1.82, 2.24) is 5.32 Å². The average Bonchev–Trinajstić information content (AvgIpc) is 2.52. The second-order valence-corrected chi connectivity index (χ2v) is 3.18. The SMILES string of the molecule is C[C@@H](CN)NC[C@@H]1CCCO1. The van der Waals surface area contributed by atoms with E-state index in [2.05, 4.69) is 12.2 Å². The summed E-state index contributed by atoms with van der Waals surface area (Å²) in [5.74, 6) is 0. The second-order valence-electron chi connectivity index (χ2n) is 3.18. The van der Waals surface area contributed by atoms with Crippen LogP contribution in [0, 0.1) is 0 Å². The molecule has 1 rings (SSSR count). The van der Waals surface area contributed by atoms with Gasteiger partial charge in [0.1, 0.15) is 0 Å². The molecule has 1 aliphatic rings. The number of nitrogens with two attached hydrogens (primary N) is 1. The fourth-order valence-electron chi connectivity index (χ4n) is 1.22. The zero-order valence-corrected chi connectivity index (χ0v) is 7.18. The first-order valence-corrected chi connectivity index (χ1v) is 4.38. The van der Waals surface area contributed by atoms with Crippen LogP contribution >= 0.6 is 0 Å². The molecule has 0 aromatic heterocycles. The van der Waals surface area contributed by atoms with Crippen molar-refractivity contribution in [2.24, 2.45) is 5.73 Å². The molecule has 0 radical (unpaired) electrons. The van der Waals surface area contributed by atoms with Crippen molar-refractivity contribution in [3.05, 3.63) is 0 Å². The van der Waals surface area contributed by atoms with Crippen LogP contribution in [-0.2, 0) is 4.74 Å². The van der Waals surface area contributed by atoms with E-state index in [9.17, 15) is 0 Å².